The number of amides is 2. The van der Waals surface area contributed by atoms with E-state index in [1.54, 1.807) is 18.2 Å². The molecule has 0 fully saturated rings. The summed E-state index contributed by atoms with van der Waals surface area (Å²) in [7, 11) is 0. The van der Waals surface area contributed by atoms with Crippen molar-refractivity contribution < 1.29 is 14.0 Å². The zero-order valence-corrected chi connectivity index (χ0v) is 16.1. The molecule has 0 aliphatic rings. The Hall–Kier alpha value is -2.87. The summed E-state index contributed by atoms with van der Waals surface area (Å²) < 4.78 is 5.32. The zero-order chi connectivity index (χ0) is 20.3. The van der Waals surface area contributed by atoms with Gasteiger partial charge in [0.1, 0.15) is 11.8 Å². The summed E-state index contributed by atoms with van der Waals surface area (Å²) >= 11 is 17.7. The molecule has 3 rings (SSSR count). The third-order valence-corrected chi connectivity index (χ3v) is 4.59. The van der Waals surface area contributed by atoms with Gasteiger partial charge in [-0.05, 0) is 30.3 Å². The molecule has 0 aliphatic heterocycles. The number of hydrogen-bond donors (Lipinski definition) is 2. The Kier molecular flexibility index (Phi) is 5.99. The molecule has 3 aromatic rings. The van der Waals surface area contributed by atoms with Crippen LogP contribution in [0.2, 0.25) is 15.1 Å². The SMILES string of the molecule is O=C(N/N=C/c1coc2ccc(Cl)cc2c1=O)C(=O)Nc1cccc(Cl)c1Cl. The fourth-order valence-corrected chi connectivity index (χ4v) is 2.72. The summed E-state index contributed by atoms with van der Waals surface area (Å²) in [4.78, 5) is 36.1. The van der Waals surface area contributed by atoms with Crippen LogP contribution in [0.5, 0.6) is 0 Å². The molecule has 2 aromatic carbocycles. The fraction of sp³-hybridized carbons (Fsp3) is 0. The standard InChI is InChI=1S/C18H10Cl3N3O4/c19-10-4-5-14-11(6-10)16(25)9(8-28-14)7-22-24-18(27)17(26)23-13-3-1-2-12(20)15(13)21/h1-8H,(H,23,26)(H,24,27)/b22-7+. The van der Waals surface area contributed by atoms with Crippen molar-refractivity contribution >= 4 is 69.5 Å². The Labute approximate surface area is 172 Å². The first kappa shape index (κ1) is 19.9. The van der Waals surface area contributed by atoms with Gasteiger partial charge in [0.2, 0.25) is 5.43 Å². The summed E-state index contributed by atoms with van der Waals surface area (Å²) in [5.74, 6) is -2.08. The fourth-order valence-electron chi connectivity index (χ4n) is 2.20. The number of hydrazone groups is 1. The number of carbonyl (C=O) groups excluding carboxylic acids is 2. The molecule has 0 saturated heterocycles. The van der Waals surface area contributed by atoms with E-state index in [1.807, 2.05) is 5.43 Å². The Morgan fingerprint density at radius 1 is 1.07 bits per heavy atom. The minimum atomic E-state index is -1.07. The Balaban J connectivity index is 1.70. The van der Waals surface area contributed by atoms with Crippen LogP contribution in [0.25, 0.3) is 11.0 Å². The van der Waals surface area contributed by atoms with Gasteiger partial charge in [-0.15, -0.1) is 0 Å². The van der Waals surface area contributed by atoms with Crippen molar-refractivity contribution in [3.8, 4) is 0 Å². The van der Waals surface area contributed by atoms with E-state index in [9.17, 15) is 14.4 Å². The molecule has 2 amide bonds. The van der Waals surface area contributed by atoms with Gasteiger partial charge in [-0.25, -0.2) is 5.43 Å². The van der Waals surface area contributed by atoms with E-state index in [4.69, 9.17) is 39.2 Å². The van der Waals surface area contributed by atoms with Gasteiger partial charge in [0.05, 0.1) is 32.9 Å². The molecule has 7 nitrogen and oxygen atoms in total. The number of rotatable bonds is 3. The minimum absolute atomic E-state index is 0.0633. The maximum atomic E-state index is 12.4. The van der Waals surface area contributed by atoms with Crippen molar-refractivity contribution in [1.82, 2.24) is 5.43 Å². The van der Waals surface area contributed by atoms with Crippen molar-refractivity contribution in [1.29, 1.82) is 0 Å². The smallest absolute Gasteiger partial charge is 0.329 e. The predicted molar refractivity (Wildman–Crippen MR) is 108 cm³/mol. The largest absolute Gasteiger partial charge is 0.463 e. The van der Waals surface area contributed by atoms with E-state index in [2.05, 4.69) is 10.4 Å². The normalized spacial score (nSPS) is 11.0. The molecule has 0 spiro atoms. The lowest BCUT2D eigenvalue weighted by molar-refractivity contribution is -0.136. The van der Waals surface area contributed by atoms with Gasteiger partial charge in [0.15, 0.2) is 0 Å². The molecule has 2 N–H and O–H groups in total. The van der Waals surface area contributed by atoms with Crippen LogP contribution in [0.1, 0.15) is 5.56 Å². The monoisotopic (exact) mass is 437 g/mol. The lowest BCUT2D eigenvalue weighted by Crippen LogP contribution is -2.32. The van der Waals surface area contributed by atoms with E-state index < -0.39 is 17.2 Å². The Morgan fingerprint density at radius 2 is 1.86 bits per heavy atom. The highest BCUT2D eigenvalue weighted by molar-refractivity contribution is 6.45. The second-order valence-corrected chi connectivity index (χ2v) is 6.64. The molecule has 0 saturated carbocycles. The number of hydrogen-bond acceptors (Lipinski definition) is 5. The Morgan fingerprint density at radius 3 is 2.64 bits per heavy atom. The second kappa shape index (κ2) is 8.43. The average Bonchev–Trinajstić information content (AvgIpc) is 2.67. The molecule has 1 aromatic heterocycles. The van der Waals surface area contributed by atoms with Crippen LogP contribution >= 0.6 is 34.8 Å². The number of fused-ring (bicyclic) bond motifs is 1. The number of anilines is 1. The van der Waals surface area contributed by atoms with E-state index in [-0.39, 0.29) is 26.7 Å². The topological polar surface area (TPSA) is 101 Å². The first-order valence-corrected chi connectivity index (χ1v) is 8.79. The minimum Gasteiger partial charge on any atom is -0.463 e. The van der Waals surface area contributed by atoms with Crippen LogP contribution in [-0.4, -0.2) is 18.0 Å². The van der Waals surface area contributed by atoms with Crippen LogP contribution < -0.4 is 16.2 Å². The molecule has 10 heteroatoms. The molecule has 142 valence electrons. The van der Waals surface area contributed by atoms with Crippen LogP contribution in [0.4, 0.5) is 5.69 Å². The zero-order valence-electron chi connectivity index (χ0n) is 13.8. The van der Waals surface area contributed by atoms with Gasteiger partial charge in [-0.3, -0.25) is 14.4 Å². The maximum Gasteiger partial charge on any atom is 0.329 e. The molecule has 28 heavy (non-hydrogen) atoms. The molecular weight excluding hydrogens is 429 g/mol. The van der Waals surface area contributed by atoms with Gasteiger partial charge in [0, 0.05) is 5.02 Å². The number of halogens is 3. The van der Waals surface area contributed by atoms with Crippen molar-refractivity contribution in [2.24, 2.45) is 5.10 Å². The predicted octanol–water partition coefficient (Wildman–Crippen LogP) is 3.84. The van der Waals surface area contributed by atoms with Crippen LogP contribution in [0, 0.1) is 0 Å². The van der Waals surface area contributed by atoms with E-state index >= 15 is 0 Å². The van der Waals surface area contributed by atoms with Gasteiger partial charge >= 0.3 is 11.8 Å². The summed E-state index contributed by atoms with van der Waals surface area (Å²) in [5, 5.41) is 6.86. The van der Waals surface area contributed by atoms with Gasteiger partial charge in [0.25, 0.3) is 0 Å². The van der Waals surface area contributed by atoms with Gasteiger partial charge in [-0.2, -0.15) is 5.10 Å². The lowest BCUT2D eigenvalue weighted by atomic mass is 10.2. The number of benzene rings is 2. The first-order chi connectivity index (χ1) is 13.4. The van der Waals surface area contributed by atoms with Crippen molar-refractivity contribution in [2.45, 2.75) is 0 Å². The second-order valence-electron chi connectivity index (χ2n) is 5.42. The molecule has 0 radical (unpaired) electrons. The average molecular weight is 439 g/mol. The van der Waals surface area contributed by atoms with E-state index in [0.717, 1.165) is 6.21 Å². The third kappa shape index (κ3) is 4.33. The van der Waals surface area contributed by atoms with Crippen LogP contribution in [-0.2, 0) is 9.59 Å². The number of nitrogens with zero attached hydrogens (tertiary/aromatic N) is 1. The van der Waals surface area contributed by atoms with Crippen molar-refractivity contribution in [3.63, 3.8) is 0 Å². The van der Waals surface area contributed by atoms with Gasteiger partial charge < -0.3 is 9.73 Å². The first-order valence-electron chi connectivity index (χ1n) is 7.66. The molecule has 0 unspecified atom stereocenters. The molecule has 0 bridgehead atoms. The number of carbonyl (C=O) groups is 2. The highest BCUT2D eigenvalue weighted by atomic mass is 35.5. The highest BCUT2D eigenvalue weighted by Gasteiger charge is 2.15. The third-order valence-electron chi connectivity index (χ3n) is 3.54. The molecule has 0 aliphatic carbocycles. The van der Waals surface area contributed by atoms with E-state index in [1.165, 1.54) is 24.5 Å². The molecule has 1 heterocycles. The number of nitrogens with one attached hydrogen (secondary N) is 2. The van der Waals surface area contributed by atoms with E-state index in [0.29, 0.717) is 10.6 Å². The molecular formula is C18H10Cl3N3O4. The summed E-state index contributed by atoms with van der Waals surface area (Å²) in [6, 6.07) is 9.19. The lowest BCUT2D eigenvalue weighted by Gasteiger charge is -2.06. The Bertz CT molecular complexity index is 1170. The summed E-state index contributed by atoms with van der Waals surface area (Å²) in [6.07, 6.45) is 2.24. The summed E-state index contributed by atoms with van der Waals surface area (Å²) in [5.41, 5.74) is 2.21. The van der Waals surface area contributed by atoms with Crippen molar-refractivity contribution in [3.05, 3.63) is 73.5 Å². The maximum absolute atomic E-state index is 12.4. The summed E-state index contributed by atoms with van der Waals surface area (Å²) in [6.45, 7) is 0. The van der Waals surface area contributed by atoms with Crippen molar-refractivity contribution in [2.75, 3.05) is 5.32 Å². The quantitative estimate of drug-likeness (QED) is 0.368. The van der Waals surface area contributed by atoms with Gasteiger partial charge in [-0.1, -0.05) is 40.9 Å². The highest BCUT2D eigenvalue weighted by Crippen LogP contribution is 2.29. The van der Waals surface area contributed by atoms with Crippen LogP contribution in [0.3, 0.4) is 0 Å². The molecule has 0 atom stereocenters. The van der Waals surface area contributed by atoms with Crippen LogP contribution in [0.15, 0.2) is 57.0 Å².